The first-order valence-electron chi connectivity index (χ1n) is 10.3. The second-order valence-corrected chi connectivity index (χ2v) is 8.74. The van der Waals surface area contributed by atoms with Crippen molar-refractivity contribution in [1.82, 2.24) is 9.38 Å². The third-order valence-electron chi connectivity index (χ3n) is 5.43. The molecule has 0 aliphatic carbocycles. The summed E-state index contributed by atoms with van der Waals surface area (Å²) < 4.78 is 7.48. The summed E-state index contributed by atoms with van der Waals surface area (Å²) in [5.41, 5.74) is 6.20. The molecular weight excluding hydrogens is 386 g/mol. The lowest BCUT2D eigenvalue weighted by atomic mass is 9.87. The molecule has 5 heteroatoms. The molecule has 4 aromatic rings. The number of hydrogen-bond donors (Lipinski definition) is 1. The number of hydrogen-bond acceptors (Lipinski definition) is 3. The van der Waals surface area contributed by atoms with Crippen molar-refractivity contribution in [3.63, 3.8) is 0 Å². The Hall–Kier alpha value is -3.60. The van der Waals surface area contributed by atoms with Crippen molar-refractivity contribution >= 4 is 17.2 Å². The van der Waals surface area contributed by atoms with Gasteiger partial charge in [0.15, 0.2) is 0 Å². The van der Waals surface area contributed by atoms with Gasteiger partial charge in [-0.05, 0) is 59.9 Å². The van der Waals surface area contributed by atoms with Gasteiger partial charge < -0.3 is 14.5 Å². The Morgan fingerprint density at radius 1 is 1.06 bits per heavy atom. The van der Waals surface area contributed by atoms with Crippen molar-refractivity contribution in [1.29, 1.82) is 0 Å². The largest absolute Gasteiger partial charge is 0.495 e. The lowest BCUT2D eigenvalue weighted by molar-refractivity contribution is 0.102. The van der Waals surface area contributed by atoms with E-state index in [-0.39, 0.29) is 11.3 Å². The van der Waals surface area contributed by atoms with Crippen LogP contribution < -0.4 is 10.1 Å². The number of fused-ring (bicyclic) bond motifs is 1. The second kappa shape index (κ2) is 7.91. The first-order chi connectivity index (χ1) is 14.8. The van der Waals surface area contributed by atoms with Gasteiger partial charge in [0.1, 0.15) is 11.4 Å². The van der Waals surface area contributed by atoms with Gasteiger partial charge in [0.2, 0.25) is 0 Å². The minimum atomic E-state index is -0.179. The van der Waals surface area contributed by atoms with E-state index in [1.54, 1.807) is 7.11 Å². The average molecular weight is 414 g/mol. The van der Waals surface area contributed by atoms with Gasteiger partial charge in [-0.2, -0.15) is 0 Å². The van der Waals surface area contributed by atoms with Crippen molar-refractivity contribution in [2.45, 2.75) is 33.1 Å². The zero-order chi connectivity index (χ0) is 22.2. The van der Waals surface area contributed by atoms with Crippen molar-refractivity contribution in [2.75, 3.05) is 12.4 Å². The van der Waals surface area contributed by atoms with Crippen molar-refractivity contribution in [3.8, 4) is 17.0 Å². The molecule has 0 saturated carbocycles. The van der Waals surface area contributed by atoms with Crippen LogP contribution in [0.4, 0.5) is 5.69 Å². The molecule has 0 spiro atoms. The summed E-state index contributed by atoms with van der Waals surface area (Å²) >= 11 is 0. The molecule has 2 aromatic carbocycles. The average Bonchev–Trinajstić information content (AvgIpc) is 3.19. The van der Waals surface area contributed by atoms with Crippen LogP contribution in [0, 0.1) is 6.92 Å². The SMILES string of the molecule is COc1ccc(-c2cn3cccc(C)c3n2)cc1NC(=O)c1ccc(C(C)(C)C)cc1. The van der Waals surface area contributed by atoms with Crippen molar-refractivity contribution in [2.24, 2.45) is 0 Å². The van der Waals surface area contributed by atoms with E-state index in [0.717, 1.165) is 22.5 Å². The minimum Gasteiger partial charge on any atom is -0.495 e. The number of nitrogens with one attached hydrogen (secondary N) is 1. The number of methoxy groups -OCH3 is 1. The second-order valence-electron chi connectivity index (χ2n) is 8.74. The highest BCUT2D eigenvalue weighted by Crippen LogP contribution is 2.31. The molecule has 5 nitrogen and oxygen atoms in total. The molecule has 0 radical (unpaired) electrons. The quantitative estimate of drug-likeness (QED) is 0.455. The number of aromatic nitrogens is 2. The summed E-state index contributed by atoms with van der Waals surface area (Å²) in [7, 11) is 1.59. The highest BCUT2D eigenvalue weighted by Gasteiger charge is 2.16. The van der Waals surface area contributed by atoms with Crippen LogP contribution in [0.3, 0.4) is 0 Å². The Bertz CT molecular complexity index is 1250. The zero-order valence-corrected chi connectivity index (χ0v) is 18.6. The molecule has 2 heterocycles. The molecule has 0 atom stereocenters. The van der Waals surface area contributed by atoms with E-state index in [9.17, 15) is 4.79 Å². The van der Waals surface area contributed by atoms with E-state index in [1.807, 2.05) is 78.3 Å². The molecule has 31 heavy (non-hydrogen) atoms. The van der Waals surface area contributed by atoms with Gasteiger partial charge in [-0.3, -0.25) is 4.79 Å². The number of carbonyl (C=O) groups excluding carboxylic acids is 1. The fourth-order valence-electron chi connectivity index (χ4n) is 3.57. The number of anilines is 1. The number of imidazole rings is 1. The van der Waals surface area contributed by atoms with Crippen molar-refractivity contribution < 1.29 is 9.53 Å². The molecule has 0 bridgehead atoms. The van der Waals surface area contributed by atoms with Gasteiger partial charge in [-0.15, -0.1) is 0 Å². The number of nitrogens with zero attached hydrogens (tertiary/aromatic N) is 2. The fraction of sp³-hybridized carbons (Fsp3) is 0.231. The molecular formula is C26H27N3O2. The molecule has 158 valence electrons. The molecule has 0 aliphatic rings. The normalized spacial score (nSPS) is 11.5. The number of carbonyl (C=O) groups is 1. The van der Waals surface area contributed by atoms with Crippen LogP contribution in [0.15, 0.2) is 67.0 Å². The fourth-order valence-corrected chi connectivity index (χ4v) is 3.57. The van der Waals surface area contributed by atoms with Gasteiger partial charge in [0, 0.05) is 23.5 Å². The lowest BCUT2D eigenvalue weighted by Crippen LogP contribution is -2.14. The van der Waals surface area contributed by atoms with Gasteiger partial charge in [0.05, 0.1) is 18.5 Å². The molecule has 0 aliphatic heterocycles. The molecule has 2 aromatic heterocycles. The maximum Gasteiger partial charge on any atom is 0.255 e. The van der Waals surface area contributed by atoms with E-state index in [4.69, 9.17) is 9.72 Å². The summed E-state index contributed by atoms with van der Waals surface area (Å²) in [6, 6.07) is 17.5. The number of rotatable bonds is 4. The number of aryl methyl sites for hydroxylation is 1. The monoisotopic (exact) mass is 413 g/mol. The summed E-state index contributed by atoms with van der Waals surface area (Å²) in [6.07, 6.45) is 3.97. The number of ether oxygens (including phenoxy) is 1. The van der Waals surface area contributed by atoms with Crippen LogP contribution in [0.1, 0.15) is 42.3 Å². The summed E-state index contributed by atoms with van der Waals surface area (Å²) in [6.45, 7) is 8.49. The van der Waals surface area contributed by atoms with Gasteiger partial charge in [0.25, 0.3) is 5.91 Å². The van der Waals surface area contributed by atoms with Crippen molar-refractivity contribution in [3.05, 3.63) is 83.7 Å². The molecule has 1 amide bonds. The summed E-state index contributed by atoms with van der Waals surface area (Å²) in [5, 5.41) is 2.99. The van der Waals surface area contributed by atoms with E-state index >= 15 is 0 Å². The van der Waals surface area contributed by atoms with E-state index < -0.39 is 0 Å². The molecule has 0 fully saturated rings. The van der Waals surface area contributed by atoms with Gasteiger partial charge in [-0.1, -0.05) is 39.0 Å². The Morgan fingerprint density at radius 3 is 2.45 bits per heavy atom. The summed E-state index contributed by atoms with van der Waals surface area (Å²) in [4.78, 5) is 17.6. The standard InChI is InChI=1S/C26H27N3O2/c1-17-7-6-14-29-16-22(27-24(17)29)19-10-13-23(31-5)21(15-19)28-25(30)18-8-11-20(12-9-18)26(2,3)4/h6-16H,1-5H3,(H,28,30). The Labute approximate surface area is 182 Å². The van der Waals surface area contributed by atoms with E-state index in [1.165, 1.54) is 5.56 Å². The third-order valence-corrected chi connectivity index (χ3v) is 5.43. The maximum atomic E-state index is 12.9. The predicted molar refractivity (Wildman–Crippen MR) is 125 cm³/mol. The lowest BCUT2D eigenvalue weighted by Gasteiger charge is -2.19. The predicted octanol–water partition coefficient (Wildman–Crippen LogP) is 5.87. The van der Waals surface area contributed by atoms with E-state index in [0.29, 0.717) is 17.0 Å². The highest BCUT2D eigenvalue weighted by atomic mass is 16.5. The Morgan fingerprint density at radius 2 is 1.81 bits per heavy atom. The van der Waals surface area contributed by atoms with Crippen LogP contribution in [0.5, 0.6) is 5.75 Å². The topological polar surface area (TPSA) is 55.6 Å². The minimum absolute atomic E-state index is 0.0407. The van der Waals surface area contributed by atoms with Crippen LogP contribution in [0.2, 0.25) is 0 Å². The maximum absolute atomic E-state index is 12.9. The number of benzene rings is 2. The van der Waals surface area contributed by atoms with E-state index in [2.05, 4.69) is 26.1 Å². The number of amides is 1. The van der Waals surface area contributed by atoms with Gasteiger partial charge in [-0.25, -0.2) is 4.98 Å². The third kappa shape index (κ3) is 4.17. The molecule has 0 saturated heterocycles. The number of pyridine rings is 1. The first kappa shape index (κ1) is 20.7. The smallest absolute Gasteiger partial charge is 0.255 e. The molecule has 1 N–H and O–H groups in total. The Balaban J connectivity index is 1.64. The summed E-state index contributed by atoms with van der Waals surface area (Å²) in [5.74, 6) is 0.421. The van der Waals surface area contributed by atoms with Crippen LogP contribution in [0.25, 0.3) is 16.9 Å². The van der Waals surface area contributed by atoms with Crippen LogP contribution in [-0.2, 0) is 5.41 Å². The van der Waals surface area contributed by atoms with Gasteiger partial charge >= 0.3 is 0 Å². The zero-order valence-electron chi connectivity index (χ0n) is 18.6. The molecule has 0 unspecified atom stereocenters. The van der Waals surface area contributed by atoms with Crippen LogP contribution >= 0.6 is 0 Å². The Kier molecular flexibility index (Phi) is 5.27. The highest BCUT2D eigenvalue weighted by molar-refractivity contribution is 6.05. The molecule has 4 rings (SSSR count). The van der Waals surface area contributed by atoms with Crippen LogP contribution in [-0.4, -0.2) is 22.4 Å². The first-order valence-corrected chi connectivity index (χ1v) is 10.3.